The summed E-state index contributed by atoms with van der Waals surface area (Å²) in [5.41, 5.74) is 0.270. The third-order valence-electron chi connectivity index (χ3n) is 2.05. The summed E-state index contributed by atoms with van der Waals surface area (Å²) in [6, 6.07) is 0. The summed E-state index contributed by atoms with van der Waals surface area (Å²) in [5.74, 6) is 0.717. The van der Waals surface area contributed by atoms with Crippen LogP contribution < -0.4 is 0 Å². The minimum absolute atomic E-state index is 0.149. The average molecular weight is 151 g/mol. The maximum absolute atomic E-state index is 11.2. The van der Waals surface area contributed by atoms with Gasteiger partial charge in [-0.1, -0.05) is 40.3 Å². The van der Waals surface area contributed by atoms with E-state index >= 15 is 0 Å². The van der Waals surface area contributed by atoms with Crippen LogP contribution in [-0.2, 0) is 4.79 Å². The van der Waals surface area contributed by atoms with Crippen LogP contribution in [0.1, 0.15) is 27.7 Å². The maximum atomic E-state index is 11.2. The molecule has 0 rings (SSSR count). The highest BCUT2D eigenvalue weighted by molar-refractivity contribution is 7.24. The molecule has 0 amide bonds. The largest absolute Gasteiger partial charge is 0.312 e. The van der Waals surface area contributed by atoms with Crippen LogP contribution in [0.4, 0.5) is 0 Å². The number of rotatable bonds is 4. The highest BCUT2D eigenvalue weighted by Gasteiger charge is 2.18. The monoisotopic (exact) mass is 151 g/mol. The lowest BCUT2D eigenvalue weighted by atomic mass is 9.17. The van der Waals surface area contributed by atoms with E-state index in [1.165, 1.54) is 0 Å². The zero-order valence-electron chi connectivity index (χ0n) is 8.22. The molecule has 61 valence electrons. The Morgan fingerprint density at radius 2 is 1.73 bits per heavy atom. The van der Waals surface area contributed by atoms with Gasteiger partial charge in [0.2, 0.25) is 0 Å². The van der Waals surface area contributed by atoms with E-state index in [0.717, 1.165) is 0 Å². The summed E-state index contributed by atoms with van der Waals surface area (Å²) < 4.78 is 0. The molecule has 0 unspecified atom stereocenters. The first-order chi connectivity index (χ1) is 4.95. The predicted octanol–water partition coefficient (Wildman–Crippen LogP) is 1.90. The molecule has 0 saturated carbocycles. The molecule has 1 radical (unpaired) electrons. The fourth-order valence-corrected chi connectivity index (χ4v) is 0.644. The molecule has 0 aromatic heterocycles. The van der Waals surface area contributed by atoms with Gasteiger partial charge in [-0.3, -0.25) is 0 Å². The second-order valence-electron chi connectivity index (χ2n) is 3.83. The topological polar surface area (TPSA) is 17.1 Å². The quantitative estimate of drug-likeness (QED) is 0.560. The van der Waals surface area contributed by atoms with E-state index in [-0.39, 0.29) is 11.6 Å². The summed E-state index contributed by atoms with van der Waals surface area (Å²) in [6.07, 6.45) is 0. The van der Waals surface area contributed by atoms with Gasteiger partial charge >= 0.3 is 0 Å². The van der Waals surface area contributed by atoms with Gasteiger partial charge in [0.15, 0.2) is 7.17 Å². The second-order valence-corrected chi connectivity index (χ2v) is 3.83. The van der Waals surface area contributed by atoms with Crippen molar-refractivity contribution >= 4 is 19.5 Å². The number of carbonyl (C=O) groups is 1. The van der Waals surface area contributed by atoms with Crippen molar-refractivity contribution in [1.29, 1.82) is 0 Å². The number of carbonyl (C=O) groups excluding carboxylic acids is 1. The van der Waals surface area contributed by atoms with Crippen molar-refractivity contribution in [2.75, 3.05) is 0 Å². The van der Waals surface area contributed by atoms with Crippen LogP contribution in [0.3, 0.4) is 0 Å². The molecule has 1 nitrogen and oxygen atoms in total. The SMILES string of the molecule is CB([B]C(=O)C(C)C)C(C)C. The molecular formula is C8H17B2O. The van der Waals surface area contributed by atoms with Gasteiger partial charge in [-0.2, -0.15) is 0 Å². The van der Waals surface area contributed by atoms with E-state index in [4.69, 9.17) is 0 Å². The lowest BCUT2D eigenvalue weighted by molar-refractivity contribution is -0.114. The van der Waals surface area contributed by atoms with Crippen LogP contribution >= 0.6 is 0 Å². The maximum Gasteiger partial charge on any atom is 0.166 e. The minimum Gasteiger partial charge on any atom is -0.312 e. The van der Waals surface area contributed by atoms with Crippen LogP contribution in [0.2, 0.25) is 12.6 Å². The van der Waals surface area contributed by atoms with E-state index in [1.54, 1.807) is 0 Å². The van der Waals surface area contributed by atoms with Crippen molar-refractivity contribution in [3.63, 3.8) is 0 Å². The molecule has 0 aliphatic carbocycles. The van der Waals surface area contributed by atoms with Crippen molar-refractivity contribution in [2.45, 2.75) is 40.3 Å². The Labute approximate surface area is 71.2 Å². The first kappa shape index (κ1) is 10.8. The van der Waals surface area contributed by atoms with Gasteiger partial charge < -0.3 is 4.79 Å². The molecule has 11 heavy (non-hydrogen) atoms. The molecule has 0 aliphatic heterocycles. The fraction of sp³-hybridized carbons (Fsp3) is 0.875. The Morgan fingerprint density at radius 3 is 2.00 bits per heavy atom. The highest BCUT2D eigenvalue weighted by atomic mass is 16.1. The molecule has 0 bridgehead atoms. The van der Waals surface area contributed by atoms with Gasteiger partial charge in [-0.25, -0.2) is 0 Å². The van der Waals surface area contributed by atoms with Crippen LogP contribution in [0, 0.1) is 5.92 Å². The Bertz CT molecular complexity index is 132. The first-order valence-corrected chi connectivity index (χ1v) is 4.33. The number of hydrogen-bond donors (Lipinski definition) is 0. The van der Waals surface area contributed by atoms with Crippen molar-refractivity contribution < 1.29 is 4.79 Å². The fourth-order valence-electron chi connectivity index (χ4n) is 0.644. The summed E-state index contributed by atoms with van der Waals surface area (Å²) >= 11 is 0. The molecule has 0 aliphatic rings. The zero-order valence-corrected chi connectivity index (χ0v) is 8.22. The molecule has 0 atom stereocenters. The lowest BCUT2D eigenvalue weighted by Crippen LogP contribution is -2.31. The molecule has 0 heterocycles. The third kappa shape index (κ3) is 4.28. The van der Waals surface area contributed by atoms with Gasteiger partial charge in [0, 0.05) is 5.92 Å². The lowest BCUT2D eigenvalue weighted by Gasteiger charge is -2.11. The third-order valence-corrected chi connectivity index (χ3v) is 2.05. The Kier molecular flexibility index (Phi) is 4.55. The summed E-state index contributed by atoms with van der Waals surface area (Å²) in [6.45, 7) is 10.6. The van der Waals surface area contributed by atoms with Gasteiger partial charge in [0.25, 0.3) is 0 Å². The second kappa shape index (κ2) is 4.63. The molecule has 0 spiro atoms. The van der Waals surface area contributed by atoms with Gasteiger partial charge in [0.1, 0.15) is 6.60 Å². The summed E-state index contributed by atoms with van der Waals surface area (Å²) in [5, 5.41) is 0. The first-order valence-electron chi connectivity index (χ1n) is 4.33. The highest BCUT2D eigenvalue weighted by Crippen LogP contribution is 2.06. The van der Waals surface area contributed by atoms with Gasteiger partial charge in [0.05, 0.1) is 5.68 Å². The van der Waals surface area contributed by atoms with E-state index in [0.29, 0.717) is 12.4 Å². The molecule has 0 aromatic rings. The van der Waals surface area contributed by atoms with Crippen LogP contribution in [0.15, 0.2) is 0 Å². The normalized spacial score (nSPS) is 10.5. The molecule has 3 heteroatoms. The van der Waals surface area contributed by atoms with Crippen molar-refractivity contribution in [1.82, 2.24) is 0 Å². The van der Waals surface area contributed by atoms with Crippen molar-refractivity contribution in [3.8, 4) is 0 Å². The van der Waals surface area contributed by atoms with Crippen molar-refractivity contribution in [2.24, 2.45) is 5.92 Å². The van der Waals surface area contributed by atoms with Crippen LogP contribution in [0.25, 0.3) is 0 Å². The van der Waals surface area contributed by atoms with E-state index in [1.807, 2.05) is 21.0 Å². The zero-order chi connectivity index (χ0) is 9.02. The van der Waals surface area contributed by atoms with E-state index in [9.17, 15) is 4.79 Å². The van der Waals surface area contributed by atoms with Gasteiger partial charge in [-0.05, 0) is 0 Å². The van der Waals surface area contributed by atoms with Crippen molar-refractivity contribution in [3.05, 3.63) is 0 Å². The summed E-state index contributed by atoms with van der Waals surface area (Å²) in [4.78, 5) is 11.2. The predicted molar refractivity (Wildman–Crippen MR) is 52.3 cm³/mol. The minimum atomic E-state index is 0.149. The average Bonchev–Trinajstić information content (AvgIpc) is 1.87. The molecule has 0 saturated heterocycles. The van der Waals surface area contributed by atoms with E-state index in [2.05, 4.69) is 20.7 Å². The molecule has 0 fully saturated rings. The molecular weight excluding hydrogens is 134 g/mol. The number of hydrogen-bond acceptors (Lipinski definition) is 1. The van der Waals surface area contributed by atoms with Crippen LogP contribution in [-0.4, -0.2) is 19.5 Å². The standard InChI is InChI=1S/C8H17B2O/c1-6(2)8(11)9-10(5)7(3)4/h6-7H,1-5H3. The van der Waals surface area contributed by atoms with Crippen LogP contribution in [0.5, 0.6) is 0 Å². The molecule has 0 N–H and O–H groups in total. The molecule has 0 aromatic carbocycles. The Hall–Kier alpha value is -0.200. The summed E-state index contributed by atoms with van der Waals surface area (Å²) in [7, 11) is 1.84. The van der Waals surface area contributed by atoms with E-state index < -0.39 is 0 Å². The smallest absolute Gasteiger partial charge is 0.166 e. The van der Waals surface area contributed by atoms with Gasteiger partial charge in [-0.15, -0.1) is 0 Å². The Balaban J connectivity index is 3.76. The Morgan fingerprint density at radius 1 is 1.27 bits per heavy atom.